The molecule has 1 aliphatic rings. The molecule has 0 saturated carbocycles. The average Bonchev–Trinajstić information content (AvgIpc) is 2.94. The molecule has 2 amide bonds. The summed E-state index contributed by atoms with van der Waals surface area (Å²) in [6, 6.07) is 7.47. The van der Waals surface area contributed by atoms with Crippen molar-refractivity contribution in [2.24, 2.45) is 0 Å². The van der Waals surface area contributed by atoms with Crippen molar-refractivity contribution in [1.82, 2.24) is 15.8 Å². The molecule has 2 N–H and O–H groups in total. The predicted octanol–water partition coefficient (Wildman–Crippen LogP) is 3.16. The van der Waals surface area contributed by atoms with Crippen LogP contribution in [0.2, 0.25) is 5.02 Å². The molecule has 1 aromatic carbocycles. The van der Waals surface area contributed by atoms with Crippen molar-refractivity contribution in [3.8, 4) is 0 Å². The lowest BCUT2D eigenvalue weighted by Gasteiger charge is -2.22. The van der Waals surface area contributed by atoms with Gasteiger partial charge in [-0.1, -0.05) is 30.3 Å². The van der Waals surface area contributed by atoms with E-state index in [0.717, 1.165) is 12.0 Å². The smallest absolute Gasteiger partial charge is 0.412 e. The second-order valence-electron chi connectivity index (χ2n) is 6.58. The number of carbonyl (C=O) groups is 2. The van der Waals surface area contributed by atoms with E-state index in [-0.39, 0.29) is 11.7 Å². The van der Waals surface area contributed by atoms with Gasteiger partial charge >= 0.3 is 6.09 Å². The van der Waals surface area contributed by atoms with E-state index in [4.69, 9.17) is 16.3 Å². The lowest BCUT2D eigenvalue weighted by atomic mass is 10.1. The fourth-order valence-electron chi connectivity index (χ4n) is 2.32. The van der Waals surface area contributed by atoms with E-state index < -0.39 is 17.6 Å². The van der Waals surface area contributed by atoms with Gasteiger partial charge in [0.15, 0.2) is 0 Å². The third kappa shape index (κ3) is 4.97. The Bertz CT molecular complexity index is 637. The quantitative estimate of drug-likeness (QED) is 0.821. The number of hydrazine groups is 1. The SMILES string of the molecule is C=C(NC(=O)OC(C)(C)C)C(=O)N1CCC(c2ccc(Cl)cc2)N1. The van der Waals surface area contributed by atoms with E-state index in [2.05, 4.69) is 17.3 Å². The summed E-state index contributed by atoms with van der Waals surface area (Å²) in [4.78, 5) is 24.1. The van der Waals surface area contributed by atoms with Crippen molar-refractivity contribution < 1.29 is 14.3 Å². The van der Waals surface area contributed by atoms with Gasteiger partial charge in [-0.15, -0.1) is 0 Å². The number of hydrogen-bond donors (Lipinski definition) is 2. The number of alkyl carbamates (subject to hydrolysis) is 1. The second kappa shape index (κ2) is 7.23. The maximum Gasteiger partial charge on any atom is 0.412 e. The number of rotatable bonds is 3. The molecule has 1 aromatic rings. The molecule has 0 aromatic heterocycles. The molecule has 1 saturated heterocycles. The van der Waals surface area contributed by atoms with Crippen LogP contribution in [0.5, 0.6) is 0 Å². The zero-order valence-corrected chi connectivity index (χ0v) is 14.8. The molecule has 0 spiro atoms. The second-order valence-corrected chi connectivity index (χ2v) is 7.02. The summed E-state index contributed by atoms with van der Waals surface area (Å²) in [6.07, 6.45) is 0.0573. The van der Waals surface area contributed by atoms with Gasteiger partial charge < -0.3 is 4.74 Å². The Labute approximate surface area is 146 Å². The monoisotopic (exact) mass is 351 g/mol. The van der Waals surface area contributed by atoms with Crippen molar-refractivity contribution >= 4 is 23.6 Å². The fraction of sp³-hybridized carbons (Fsp3) is 0.412. The van der Waals surface area contributed by atoms with Gasteiger partial charge in [0, 0.05) is 11.6 Å². The van der Waals surface area contributed by atoms with Gasteiger partial charge in [-0.05, 0) is 44.9 Å². The third-order valence-electron chi connectivity index (χ3n) is 3.38. The molecule has 130 valence electrons. The molecule has 1 aliphatic heterocycles. The summed E-state index contributed by atoms with van der Waals surface area (Å²) in [7, 11) is 0. The number of nitrogens with zero attached hydrogens (tertiary/aromatic N) is 1. The number of ether oxygens (including phenoxy) is 1. The summed E-state index contributed by atoms with van der Waals surface area (Å²) in [5.41, 5.74) is 3.48. The Kier molecular flexibility index (Phi) is 5.51. The highest BCUT2D eigenvalue weighted by Crippen LogP contribution is 2.24. The van der Waals surface area contributed by atoms with Gasteiger partial charge in [0.25, 0.3) is 5.91 Å². The molecule has 0 bridgehead atoms. The Morgan fingerprint density at radius 3 is 2.54 bits per heavy atom. The summed E-state index contributed by atoms with van der Waals surface area (Å²) in [6.45, 7) is 9.37. The van der Waals surface area contributed by atoms with Crippen LogP contribution >= 0.6 is 11.6 Å². The van der Waals surface area contributed by atoms with Crippen molar-refractivity contribution in [1.29, 1.82) is 0 Å². The van der Waals surface area contributed by atoms with Gasteiger partial charge in [0.05, 0.1) is 6.04 Å². The number of benzene rings is 1. The van der Waals surface area contributed by atoms with Crippen LogP contribution in [0.25, 0.3) is 0 Å². The molecule has 24 heavy (non-hydrogen) atoms. The number of amides is 2. The number of nitrogens with one attached hydrogen (secondary N) is 2. The predicted molar refractivity (Wildman–Crippen MR) is 92.2 cm³/mol. The van der Waals surface area contributed by atoms with Crippen molar-refractivity contribution in [2.75, 3.05) is 6.54 Å². The highest BCUT2D eigenvalue weighted by atomic mass is 35.5. The van der Waals surface area contributed by atoms with E-state index >= 15 is 0 Å². The molecule has 1 fully saturated rings. The van der Waals surface area contributed by atoms with Crippen LogP contribution in [0, 0.1) is 0 Å². The molecule has 6 nitrogen and oxygen atoms in total. The molecule has 1 heterocycles. The van der Waals surface area contributed by atoms with E-state index in [0.29, 0.717) is 11.6 Å². The van der Waals surface area contributed by atoms with E-state index in [1.54, 1.807) is 20.8 Å². The Balaban J connectivity index is 1.90. The maximum atomic E-state index is 12.3. The number of hydrogen-bond acceptors (Lipinski definition) is 4. The minimum Gasteiger partial charge on any atom is -0.444 e. The third-order valence-corrected chi connectivity index (χ3v) is 3.63. The van der Waals surface area contributed by atoms with Crippen LogP contribution in [-0.4, -0.2) is 29.2 Å². The van der Waals surface area contributed by atoms with Crippen LogP contribution in [0.4, 0.5) is 4.79 Å². The normalized spacial score (nSPS) is 17.5. The Morgan fingerprint density at radius 1 is 1.33 bits per heavy atom. The van der Waals surface area contributed by atoms with Gasteiger partial charge in [-0.25, -0.2) is 10.2 Å². The molecular weight excluding hydrogens is 330 g/mol. The molecular formula is C17H22ClN3O3. The van der Waals surface area contributed by atoms with Crippen LogP contribution in [0.1, 0.15) is 38.8 Å². The Morgan fingerprint density at radius 2 is 1.96 bits per heavy atom. The minimum absolute atomic E-state index is 0.0144. The molecule has 7 heteroatoms. The maximum absolute atomic E-state index is 12.3. The molecule has 1 atom stereocenters. The highest BCUT2D eigenvalue weighted by molar-refractivity contribution is 6.30. The van der Waals surface area contributed by atoms with Gasteiger partial charge in [0.1, 0.15) is 11.3 Å². The number of halogens is 1. The van der Waals surface area contributed by atoms with Crippen LogP contribution < -0.4 is 10.7 Å². The van der Waals surface area contributed by atoms with E-state index in [1.165, 1.54) is 5.01 Å². The Hall–Kier alpha value is -2.05. The average molecular weight is 352 g/mol. The first-order valence-corrected chi connectivity index (χ1v) is 8.06. The van der Waals surface area contributed by atoms with Crippen molar-refractivity contribution in [2.45, 2.75) is 38.8 Å². The van der Waals surface area contributed by atoms with E-state index in [1.807, 2.05) is 24.3 Å². The van der Waals surface area contributed by atoms with Crippen LogP contribution in [0.3, 0.4) is 0 Å². The van der Waals surface area contributed by atoms with Crippen molar-refractivity contribution in [3.63, 3.8) is 0 Å². The topological polar surface area (TPSA) is 70.7 Å². The van der Waals surface area contributed by atoms with Crippen LogP contribution in [-0.2, 0) is 9.53 Å². The largest absolute Gasteiger partial charge is 0.444 e. The van der Waals surface area contributed by atoms with Gasteiger partial charge in [0.2, 0.25) is 0 Å². The zero-order chi connectivity index (χ0) is 17.9. The van der Waals surface area contributed by atoms with Gasteiger partial charge in [-0.2, -0.15) is 0 Å². The minimum atomic E-state index is -0.700. The summed E-state index contributed by atoms with van der Waals surface area (Å²) in [5, 5.41) is 4.48. The molecule has 2 rings (SSSR count). The summed E-state index contributed by atoms with van der Waals surface area (Å²) in [5.74, 6) is -0.391. The first-order chi connectivity index (χ1) is 11.2. The highest BCUT2D eigenvalue weighted by Gasteiger charge is 2.29. The lowest BCUT2D eigenvalue weighted by Crippen LogP contribution is -2.43. The first kappa shape index (κ1) is 18.3. The van der Waals surface area contributed by atoms with Crippen LogP contribution in [0.15, 0.2) is 36.5 Å². The number of carbonyl (C=O) groups excluding carboxylic acids is 2. The molecule has 0 aliphatic carbocycles. The molecule has 1 unspecified atom stereocenters. The lowest BCUT2D eigenvalue weighted by molar-refractivity contribution is -0.129. The first-order valence-electron chi connectivity index (χ1n) is 7.68. The molecule has 0 radical (unpaired) electrons. The standard InChI is InChI=1S/C17H22ClN3O3/c1-11(19-16(23)24-17(2,3)4)15(22)21-10-9-14(20-21)12-5-7-13(18)8-6-12/h5-8,14,20H,1,9-10H2,2-4H3,(H,19,23). The summed E-state index contributed by atoms with van der Waals surface area (Å²) < 4.78 is 5.11. The van der Waals surface area contributed by atoms with E-state index in [9.17, 15) is 9.59 Å². The fourth-order valence-corrected chi connectivity index (χ4v) is 2.44. The zero-order valence-electron chi connectivity index (χ0n) is 14.1. The van der Waals surface area contributed by atoms with Gasteiger partial charge in [-0.3, -0.25) is 15.1 Å². The van der Waals surface area contributed by atoms with Crippen molar-refractivity contribution in [3.05, 3.63) is 47.1 Å². The summed E-state index contributed by atoms with van der Waals surface area (Å²) >= 11 is 5.88.